The molecule has 2 N–H and O–H groups in total. The SMILES string of the molecule is CC(=O)Nc1ccc(C(=O)Nc2nc(C)c(C)s2)cc1. The zero-order valence-electron chi connectivity index (χ0n) is 11.5. The molecule has 2 amide bonds. The predicted octanol–water partition coefficient (Wildman–Crippen LogP) is 2.97. The van der Waals surface area contributed by atoms with Crippen LogP contribution in [0.15, 0.2) is 24.3 Å². The second kappa shape index (κ2) is 5.83. The molecule has 0 saturated heterocycles. The van der Waals surface area contributed by atoms with Gasteiger partial charge in [0.25, 0.3) is 5.91 Å². The van der Waals surface area contributed by atoms with Gasteiger partial charge in [0, 0.05) is 23.1 Å². The van der Waals surface area contributed by atoms with E-state index in [1.165, 1.54) is 18.3 Å². The van der Waals surface area contributed by atoms with Crippen LogP contribution in [0.3, 0.4) is 0 Å². The van der Waals surface area contributed by atoms with Gasteiger partial charge in [0.15, 0.2) is 5.13 Å². The number of aryl methyl sites for hydroxylation is 2. The molecular weight excluding hydrogens is 274 g/mol. The number of carbonyl (C=O) groups excluding carboxylic acids is 2. The quantitative estimate of drug-likeness (QED) is 0.912. The Morgan fingerprint density at radius 1 is 1.10 bits per heavy atom. The van der Waals surface area contributed by atoms with Gasteiger partial charge in [-0.3, -0.25) is 14.9 Å². The largest absolute Gasteiger partial charge is 0.326 e. The molecule has 2 rings (SSSR count). The summed E-state index contributed by atoms with van der Waals surface area (Å²) in [7, 11) is 0. The van der Waals surface area contributed by atoms with Crippen LogP contribution < -0.4 is 10.6 Å². The number of nitrogens with zero attached hydrogens (tertiary/aromatic N) is 1. The van der Waals surface area contributed by atoms with Crippen molar-refractivity contribution in [1.29, 1.82) is 0 Å². The molecule has 5 nitrogen and oxygen atoms in total. The van der Waals surface area contributed by atoms with Crippen LogP contribution in [0.25, 0.3) is 0 Å². The fourth-order valence-corrected chi connectivity index (χ4v) is 2.41. The molecule has 0 atom stereocenters. The molecule has 2 aromatic rings. The van der Waals surface area contributed by atoms with Crippen LogP contribution >= 0.6 is 11.3 Å². The number of thiazole rings is 1. The van der Waals surface area contributed by atoms with Gasteiger partial charge in [-0.1, -0.05) is 0 Å². The van der Waals surface area contributed by atoms with Crippen molar-refractivity contribution in [2.24, 2.45) is 0 Å². The van der Waals surface area contributed by atoms with Gasteiger partial charge in [-0.2, -0.15) is 0 Å². The summed E-state index contributed by atoms with van der Waals surface area (Å²) < 4.78 is 0. The smallest absolute Gasteiger partial charge is 0.257 e. The Morgan fingerprint density at radius 3 is 2.25 bits per heavy atom. The molecule has 0 radical (unpaired) electrons. The van der Waals surface area contributed by atoms with E-state index in [0.717, 1.165) is 10.6 Å². The fraction of sp³-hybridized carbons (Fsp3) is 0.214. The maximum absolute atomic E-state index is 12.0. The number of carbonyl (C=O) groups is 2. The molecule has 0 saturated carbocycles. The van der Waals surface area contributed by atoms with Crippen LogP contribution in [-0.4, -0.2) is 16.8 Å². The number of aromatic nitrogens is 1. The van der Waals surface area contributed by atoms with Gasteiger partial charge in [0.1, 0.15) is 0 Å². The summed E-state index contributed by atoms with van der Waals surface area (Å²) in [5.41, 5.74) is 2.10. The highest BCUT2D eigenvalue weighted by Crippen LogP contribution is 2.21. The van der Waals surface area contributed by atoms with Crippen molar-refractivity contribution in [2.75, 3.05) is 10.6 Å². The molecule has 1 heterocycles. The van der Waals surface area contributed by atoms with Crippen molar-refractivity contribution in [3.63, 3.8) is 0 Å². The van der Waals surface area contributed by atoms with Crippen molar-refractivity contribution in [2.45, 2.75) is 20.8 Å². The first-order valence-electron chi connectivity index (χ1n) is 6.09. The van der Waals surface area contributed by atoms with E-state index in [-0.39, 0.29) is 11.8 Å². The number of nitrogens with one attached hydrogen (secondary N) is 2. The molecule has 0 aliphatic carbocycles. The van der Waals surface area contributed by atoms with E-state index in [4.69, 9.17) is 0 Å². The third-order valence-corrected chi connectivity index (χ3v) is 3.70. The van der Waals surface area contributed by atoms with Crippen molar-refractivity contribution in [1.82, 2.24) is 4.98 Å². The highest BCUT2D eigenvalue weighted by Gasteiger charge is 2.10. The normalized spacial score (nSPS) is 10.2. The maximum Gasteiger partial charge on any atom is 0.257 e. The Labute approximate surface area is 121 Å². The second-order valence-corrected chi connectivity index (χ2v) is 5.58. The topological polar surface area (TPSA) is 71.1 Å². The molecule has 0 aliphatic heterocycles. The number of amides is 2. The summed E-state index contributed by atoms with van der Waals surface area (Å²) in [6, 6.07) is 6.70. The third kappa shape index (κ3) is 3.42. The monoisotopic (exact) mass is 289 g/mol. The van der Waals surface area contributed by atoms with E-state index < -0.39 is 0 Å². The van der Waals surface area contributed by atoms with Gasteiger partial charge in [0.2, 0.25) is 5.91 Å². The van der Waals surface area contributed by atoms with E-state index in [1.54, 1.807) is 24.3 Å². The lowest BCUT2D eigenvalue weighted by Gasteiger charge is -2.04. The summed E-state index contributed by atoms with van der Waals surface area (Å²) >= 11 is 1.45. The Morgan fingerprint density at radius 2 is 1.75 bits per heavy atom. The number of hydrogen-bond acceptors (Lipinski definition) is 4. The Kier molecular flexibility index (Phi) is 4.14. The van der Waals surface area contributed by atoms with Gasteiger partial charge in [-0.15, -0.1) is 11.3 Å². The highest BCUT2D eigenvalue weighted by atomic mass is 32.1. The number of hydrogen-bond donors (Lipinski definition) is 2. The summed E-state index contributed by atoms with van der Waals surface area (Å²) in [5, 5.41) is 6.01. The summed E-state index contributed by atoms with van der Waals surface area (Å²) in [6.07, 6.45) is 0. The number of anilines is 2. The summed E-state index contributed by atoms with van der Waals surface area (Å²) in [6.45, 7) is 5.31. The molecule has 6 heteroatoms. The fourth-order valence-electron chi connectivity index (χ4n) is 1.60. The van der Waals surface area contributed by atoms with Crippen LogP contribution in [-0.2, 0) is 4.79 Å². The lowest BCUT2D eigenvalue weighted by molar-refractivity contribution is -0.114. The van der Waals surface area contributed by atoms with Crippen LogP contribution in [0, 0.1) is 13.8 Å². The Hall–Kier alpha value is -2.21. The molecule has 1 aromatic heterocycles. The average molecular weight is 289 g/mol. The van der Waals surface area contributed by atoms with Crippen LogP contribution in [0.1, 0.15) is 27.9 Å². The first-order chi connectivity index (χ1) is 9.45. The van der Waals surface area contributed by atoms with Crippen molar-refractivity contribution < 1.29 is 9.59 Å². The lowest BCUT2D eigenvalue weighted by atomic mass is 10.2. The molecule has 0 fully saturated rings. The Bertz CT molecular complexity index is 627. The van der Waals surface area contributed by atoms with Gasteiger partial charge in [-0.05, 0) is 38.1 Å². The van der Waals surface area contributed by atoms with Gasteiger partial charge < -0.3 is 5.32 Å². The summed E-state index contributed by atoms with van der Waals surface area (Å²) in [4.78, 5) is 28.3. The van der Waals surface area contributed by atoms with E-state index >= 15 is 0 Å². The van der Waals surface area contributed by atoms with Gasteiger partial charge in [-0.25, -0.2) is 4.98 Å². The predicted molar refractivity (Wildman–Crippen MR) is 80.3 cm³/mol. The van der Waals surface area contributed by atoms with E-state index in [0.29, 0.717) is 16.4 Å². The minimum atomic E-state index is -0.215. The van der Waals surface area contributed by atoms with E-state index in [1.807, 2.05) is 13.8 Å². The van der Waals surface area contributed by atoms with Gasteiger partial charge >= 0.3 is 0 Å². The molecule has 0 unspecified atom stereocenters. The summed E-state index contributed by atoms with van der Waals surface area (Å²) in [5.74, 6) is -0.357. The minimum absolute atomic E-state index is 0.143. The maximum atomic E-state index is 12.0. The zero-order valence-corrected chi connectivity index (χ0v) is 12.3. The third-order valence-electron chi connectivity index (χ3n) is 2.72. The zero-order chi connectivity index (χ0) is 14.7. The molecule has 1 aromatic carbocycles. The van der Waals surface area contributed by atoms with Crippen molar-refractivity contribution in [3.8, 4) is 0 Å². The van der Waals surface area contributed by atoms with Crippen LogP contribution in [0.5, 0.6) is 0 Å². The number of rotatable bonds is 3. The molecule has 0 aliphatic rings. The van der Waals surface area contributed by atoms with Crippen LogP contribution in [0.4, 0.5) is 10.8 Å². The van der Waals surface area contributed by atoms with E-state index in [9.17, 15) is 9.59 Å². The number of benzene rings is 1. The highest BCUT2D eigenvalue weighted by molar-refractivity contribution is 7.15. The van der Waals surface area contributed by atoms with Crippen LogP contribution in [0.2, 0.25) is 0 Å². The van der Waals surface area contributed by atoms with Gasteiger partial charge in [0.05, 0.1) is 5.69 Å². The Balaban J connectivity index is 2.07. The molecule has 104 valence electrons. The molecular formula is C14H15N3O2S. The second-order valence-electron chi connectivity index (χ2n) is 4.37. The molecule has 0 bridgehead atoms. The average Bonchev–Trinajstić information content (AvgIpc) is 2.68. The molecule has 20 heavy (non-hydrogen) atoms. The standard InChI is InChI=1S/C14H15N3O2S/c1-8-9(2)20-14(15-8)17-13(19)11-4-6-12(7-5-11)16-10(3)18/h4-7H,1-3H3,(H,16,18)(H,15,17,19). The first-order valence-corrected chi connectivity index (χ1v) is 6.90. The van der Waals surface area contributed by atoms with E-state index in [2.05, 4.69) is 15.6 Å². The minimum Gasteiger partial charge on any atom is -0.326 e. The first kappa shape index (κ1) is 14.2. The van der Waals surface area contributed by atoms with Crippen molar-refractivity contribution in [3.05, 3.63) is 40.4 Å². The van der Waals surface area contributed by atoms with Crippen molar-refractivity contribution >= 4 is 34.0 Å². The molecule has 0 spiro atoms. The lowest BCUT2D eigenvalue weighted by Crippen LogP contribution is -2.12.